The van der Waals surface area contributed by atoms with Crippen molar-refractivity contribution < 1.29 is 37.7 Å². The minimum Gasteiger partial charge on any atom is -0.497 e. The Bertz CT molecular complexity index is 1380. The van der Waals surface area contributed by atoms with E-state index < -0.39 is 11.8 Å². The lowest BCUT2D eigenvalue weighted by atomic mass is 9.84. The van der Waals surface area contributed by atoms with Gasteiger partial charge in [-0.15, -0.1) is 0 Å². The van der Waals surface area contributed by atoms with Crippen LogP contribution in [0.1, 0.15) is 43.7 Å². The van der Waals surface area contributed by atoms with Crippen LogP contribution in [0.2, 0.25) is 0 Å². The van der Waals surface area contributed by atoms with E-state index in [0.29, 0.717) is 41.0 Å². The van der Waals surface area contributed by atoms with Crippen LogP contribution in [-0.2, 0) is 23.8 Å². The average molecular weight is 549 g/mol. The first-order valence-electron chi connectivity index (χ1n) is 13.3. The number of epoxide rings is 1. The molecule has 7 nitrogen and oxygen atoms in total. The van der Waals surface area contributed by atoms with Crippen molar-refractivity contribution in [3.05, 3.63) is 83.2 Å². The van der Waals surface area contributed by atoms with Crippen LogP contribution in [0.5, 0.6) is 11.5 Å². The predicted molar refractivity (Wildman–Crippen MR) is 147 cm³/mol. The number of hydrogen-bond donors (Lipinski definition) is 0. The van der Waals surface area contributed by atoms with Gasteiger partial charge < -0.3 is 23.7 Å². The second kappa shape index (κ2) is 11.3. The summed E-state index contributed by atoms with van der Waals surface area (Å²) >= 11 is 0. The molecule has 0 radical (unpaired) electrons. The first kappa shape index (κ1) is 27.6. The van der Waals surface area contributed by atoms with Gasteiger partial charge >= 0.3 is 11.9 Å². The van der Waals surface area contributed by atoms with Crippen LogP contribution in [0.3, 0.4) is 0 Å². The zero-order chi connectivity index (χ0) is 28.4. The zero-order valence-electron chi connectivity index (χ0n) is 22.9. The Hall–Kier alpha value is -3.91. The number of allylic oxidation sites excluding steroid dienone is 1. The number of hydrogen-bond acceptors (Lipinski definition) is 7. The van der Waals surface area contributed by atoms with Crippen molar-refractivity contribution in [2.24, 2.45) is 5.92 Å². The molecule has 2 heterocycles. The van der Waals surface area contributed by atoms with E-state index in [2.05, 4.69) is 12.7 Å². The molecule has 8 heteroatoms. The van der Waals surface area contributed by atoms with Gasteiger partial charge in [-0.25, -0.2) is 14.0 Å². The van der Waals surface area contributed by atoms with Gasteiger partial charge in [0.1, 0.15) is 36.1 Å². The first-order chi connectivity index (χ1) is 19.2. The van der Waals surface area contributed by atoms with Crippen LogP contribution in [0.25, 0.3) is 11.6 Å². The van der Waals surface area contributed by atoms with Crippen molar-refractivity contribution >= 4 is 23.6 Å². The zero-order valence-corrected chi connectivity index (χ0v) is 22.9. The van der Waals surface area contributed by atoms with Gasteiger partial charge in [0.2, 0.25) is 0 Å². The van der Waals surface area contributed by atoms with Gasteiger partial charge in [-0.05, 0) is 80.2 Å². The second-order valence-electron chi connectivity index (χ2n) is 10.5. The smallest absolute Gasteiger partial charge is 0.339 e. The highest BCUT2D eigenvalue weighted by Crippen LogP contribution is 2.49. The normalized spacial score (nSPS) is 27.4. The summed E-state index contributed by atoms with van der Waals surface area (Å²) in [6.45, 7) is 6.07. The Kier molecular flexibility index (Phi) is 7.81. The molecule has 0 saturated carbocycles. The Morgan fingerprint density at radius 1 is 1.18 bits per heavy atom. The lowest BCUT2D eigenvalue weighted by molar-refractivity contribution is -0.140. The number of halogens is 1. The van der Waals surface area contributed by atoms with E-state index in [1.165, 1.54) is 24.3 Å². The largest absolute Gasteiger partial charge is 0.497 e. The highest BCUT2D eigenvalue weighted by atomic mass is 19.1. The molecule has 0 amide bonds. The van der Waals surface area contributed by atoms with Crippen LogP contribution >= 0.6 is 0 Å². The molecule has 0 bridgehead atoms. The van der Waals surface area contributed by atoms with Crippen molar-refractivity contribution in [1.82, 2.24) is 0 Å². The van der Waals surface area contributed by atoms with Gasteiger partial charge in [0.05, 0.1) is 25.4 Å². The molecule has 4 atom stereocenters. The summed E-state index contributed by atoms with van der Waals surface area (Å²) in [6, 6.07) is 10.9. The molecular formula is C32H33FO7. The second-order valence-corrected chi connectivity index (χ2v) is 10.5. The first-order valence-corrected chi connectivity index (χ1v) is 13.3. The maximum atomic E-state index is 13.7. The molecular weight excluding hydrogens is 515 g/mol. The molecule has 40 heavy (non-hydrogen) atoms. The quantitative estimate of drug-likeness (QED) is 0.145. The maximum absolute atomic E-state index is 13.7. The summed E-state index contributed by atoms with van der Waals surface area (Å²) < 4.78 is 41.9. The molecule has 2 aliphatic heterocycles. The average Bonchev–Trinajstić information content (AvgIpc) is 3.55. The molecule has 2 aromatic carbocycles. The summed E-state index contributed by atoms with van der Waals surface area (Å²) in [7, 11) is 3.09. The van der Waals surface area contributed by atoms with Crippen molar-refractivity contribution in [1.29, 1.82) is 0 Å². The third-order valence-electron chi connectivity index (χ3n) is 7.94. The maximum Gasteiger partial charge on any atom is 0.339 e. The Labute approximate surface area is 233 Å². The van der Waals surface area contributed by atoms with Gasteiger partial charge in [-0.2, -0.15) is 0 Å². The minimum atomic E-state index is -0.561. The van der Waals surface area contributed by atoms with Crippen molar-refractivity contribution in [3.8, 4) is 11.5 Å². The molecule has 0 N–H and O–H groups in total. The molecule has 2 fully saturated rings. The third kappa shape index (κ3) is 5.68. The fourth-order valence-corrected chi connectivity index (χ4v) is 5.48. The standard InChI is InChI=1S/C32H33FO7/c1-19-25-13-7-20(6-5-15-32(2)29(40-32)28(25)39-30(19)34)18-38-31(35)26(21-8-10-23(33)11-9-21)17-22-16-24(36-3)12-14-27(22)37-4/h6,8-12,14,16-17,25,28-29H,1,5,7,13,15,18H2,2-4H3/b20-6+,26-17+/t25-,28-,29-,32+/m0/s1. The molecule has 2 aromatic rings. The molecule has 5 rings (SSSR count). The lowest BCUT2D eigenvalue weighted by Gasteiger charge is -2.20. The number of benzene rings is 2. The van der Waals surface area contributed by atoms with Crippen LogP contribution in [-0.4, -0.2) is 50.6 Å². The number of fused-ring (bicyclic) bond motifs is 3. The Morgan fingerprint density at radius 3 is 2.67 bits per heavy atom. The van der Waals surface area contributed by atoms with Crippen molar-refractivity contribution in [2.75, 3.05) is 20.8 Å². The summed E-state index contributed by atoms with van der Waals surface area (Å²) in [5.74, 6) is -0.353. The van der Waals surface area contributed by atoms with Crippen LogP contribution in [0.4, 0.5) is 4.39 Å². The SMILES string of the molecule is C=C1C(=O)O[C@H]2[C@H]1CC/C(COC(=O)/C(=C/c1cc(OC)ccc1OC)c1ccc(F)cc1)=C\CC[C@@]1(C)O[C@@H]21. The third-order valence-corrected chi connectivity index (χ3v) is 7.94. The van der Waals surface area contributed by atoms with Crippen molar-refractivity contribution in [2.45, 2.75) is 50.4 Å². The van der Waals surface area contributed by atoms with Gasteiger partial charge in [0.25, 0.3) is 0 Å². The van der Waals surface area contributed by atoms with Crippen LogP contribution in [0.15, 0.2) is 66.3 Å². The summed E-state index contributed by atoms with van der Waals surface area (Å²) in [6.07, 6.45) is 6.04. The van der Waals surface area contributed by atoms with E-state index in [1.54, 1.807) is 38.5 Å². The highest BCUT2D eigenvalue weighted by molar-refractivity contribution is 6.21. The fourth-order valence-electron chi connectivity index (χ4n) is 5.48. The molecule has 0 aromatic heterocycles. The molecule has 3 aliphatic rings. The number of ether oxygens (including phenoxy) is 5. The number of carbonyl (C=O) groups excluding carboxylic acids is 2. The fraction of sp³-hybridized carbons (Fsp3) is 0.375. The highest BCUT2D eigenvalue weighted by Gasteiger charge is 2.61. The molecule has 1 aliphatic carbocycles. The predicted octanol–water partition coefficient (Wildman–Crippen LogP) is 5.68. The topological polar surface area (TPSA) is 83.6 Å². The summed E-state index contributed by atoms with van der Waals surface area (Å²) in [5.41, 5.74) is 2.42. The number of rotatable bonds is 7. The number of methoxy groups -OCH3 is 2. The van der Waals surface area contributed by atoms with E-state index in [9.17, 15) is 14.0 Å². The molecule has 0 spiro atoms. The van der Waals surface area contributed by atoms with E-state index in [-0.39, 0.29) is 41.9 Å². The van der Waals surface area contributed by atoms with Crippen LogP contribution in [0, 0.1) is 11.7 Å². The van der Waals surface area contributed by atoms with E-state index >= 15 is 0 Å². The number of carbonyl (C=O) groups is 2. The lowest BCUT2D eigenvalue weighted by Crippen LogP contribution is -2.29. The Balaban J connectivity index is 1.38. The van der Waals surface area contributed by atoms with Crippen LogP contribution < -0.4 is 9.47 Å². The van der Waals surface area contributed by atoms with Gasteiger partial charge in [-0.3, -0.25) is 0 Å². The summed E-state index contributed by atoms with van der Waals surface area (Å²) in [4.78, 5) is 25.8. The van der Waals surface area contributed by atoms with E-state index in [1.807, 2.05) is 6.92 Å². The Morgan fingerprint density at radius 2 is 1.95 bits per heavy atom. The number of esters is 2. The van der Waals surface area contributed by atoms with Gasteiger partial charge in [-0.1, -0.05) is 24.8 Å². The minimum absolute atomic E-state index is 0.0757. The summed E-state index contributed by atoms with van der Waals surface area (Å²) in [5, 5.41) is 0. The van der Waals surface area contributed by atoms with Crippen molar-refractivity contribution in [3.63, 3.8) is 0 Å². The van der Waals surface area contributed by atoms with Gasteiger partial charge in [0.15, 0.2) is 0 Å². The van der Waals surface area contributed by atoms with E-state index in [4.69, 9.17) is 23.7 Å². The van der Waals surface area contributed by atoms with E-state index in [0.717, 1.165) is 18.4 Å². The monoisotopic (exact) mass is 548 g/mol. The molecule has 210 valence electrons. The molecule has 0 unspecified atom stereocenters. The van der Waals surface area contributed by atoms with Gasteiger partial charge in [0, 0.05) is 17.1 Å². The molecule has 2 saturated heterocycles.